The molecule has 0 amide bonds. The minimum absolute atomic E-state index is 0.246. The molecule has 0 radical (unpaired) electrons. The van der Waals surface area contributed by atoms with Crippen LogP contribution in [0.2, 0.25) is 0 Å². The Bertz CT molecular complexity index is 348. The van der Waals surface area contributed by atoms with Crippen molar-refractivity contribution in [1.82, 2.24) is 10.2 Å². The summed E-state index contributed by atoms with van der Waals surface area (Å²) in [5, 5.41) is 5.68. The van der Waals surface area contributed by atoms with E-state index in [2.05, 4.69) is 34.8 Å². The van der Waals surface area contributed by atoms with E-state index in [9.17, 15) is 0 Å². The maximum Gasteiger partial charge on any atom is 0.0681 e. The van der Waals surface area contributed by atoms with E-state index in [-0.39, 0.29) is 5.41 Å². The fraction of sp³-hybridized carbons (Fsp3) is 0.667. The average Bonchev–Trinajstić information content (AvgIpc) is 2.73. The molecule has 2 saturated heterocycles. The topological polar surface area (TPSA) is 24.5 Å². The number of rotatable bonds is 2. The molecule has 0 bridgehead atoms. The van der Waals surface area contributed by atoms with Crippen LogP contribution in [0, 0.1) is 0 Å². The van der Waals surface area contributed by atoms with Gasteiger partial charge in [0.15, 0.2) is 0 Å². The Balaban J connectivity index is 1.89. The molecular weight excluding hydrogens is 220 g/mol. The molecule has 2 fully saturated rings. The molecule has 0 saturated carbocycles. The first-order valence-electron chi connectivity index (χ1n) is 5.86. The average molecular weight is 238 g/mol. The molecular formula is C12H18N2OS. The summed E-state index contributed by atoms with van der Waals surface area (Å²) in [5.41, 5.74) is 0.246. The maximum absolute atomic E-state index is 5.52. The molecule has 1 aromatic rings. The first kappa shape index (κ1) is 10.7. The van der Waals surface area contributed by atoms with E-state index in [4.69, 9.17) is 4.74 Å². The van der Waals surface area contributed by atoms with Crippen LogP contribution in [0.4, 0.5) is 0 Å². The second-order valence-electron chi connectivity index (χ2n) is 4.83. The van der Waals surface area contributed by atoms with Gasteiger partial charge < -0.3 is 10.1 Å². The summed E-state index contributed by atoms with van der Waals surface area (Å²) < 4.78 is 5.52. The van der Waals surface area contributed by atoms with Crippen molar-refractivity contribution in [3.8, 4) is 0 Å². The lowest BCUT2D eigenvalue weighted by molar-refractivity contribution is -0.101. The third kappa shape index (κ3) is 1.52. The number of piperazine rings is 1. The standard InChI is InChI=1S/C12H18N2OS/c1-14-5-4-13-7-10(14)12(8-15-9-12)11-3-2-6-16-11/h2-3,6,10,13H,4-5,7-9H2,1H3. The van der Waals surface area contributed by atoms with Crippen LogP contribution < -0.4 is 5.32 Å². The van der Waals surface area contributed by atoms with Crippen molar-refractivity contribution in [3.63, 3.8) is 0 Å². The van der Waals surface area contributed by atoms with Gasteiger partial charge >= 0.3 is 0 Å². The molecule has 1 N–H and O–H groups in total. The van der Waals surface area contributed by atoms with E-state index in [0.717, 1.165) is 32.8 Å². The second kappa shape index (κ2) is 4.11. The van der Waals surface area contributed by atoms with Gasteiger partial charge in [-0.2, -0.15) is 0 Å². The van der Waals surface area contributed by atoms with Gasteiger partial charge in [0.25, 0.3) is 0 Å². The molecule has 88 valence electrons. The summed E-state index contributed by atoms with van der Waals surface area (Å²) in [5.74, 6) is 0. The lowest BCUT2D eigenvalue weighted by atomic mass is 9.75. The van der Waals surface area contributed by atoms with Crippen LogP contribution in [0.5, 0.6) is 0 Å². The molecule has 1 aromatic heterocycles. The zero-order valence-electron chi connectivity index (χ0n) is 9.61. The zero-order valence-corrected chi connectivity index (χ0v) is 10.4. The number of likely N-dealkylation sites (N-methyl/N-ethyl adjacent to an activating group) is 1. The molecule has 3 nitrogen and oxygen atoms in total. The Morgan fingerprint density at radius 3 is 3.00 bits per heavy atom. The van der Waals surface area contributed by atoms with Crippen LogP contribution in [0.3, 0.4) is 0 Å². The van der Waals surface area contributed by atoms with Gasteiger partial charge in [0.1, 0.15) is 0 Å². The Hall–Kier alpha value is -0.420. The summed E-state index contributed by atoms with van der Waals surface area (Å²) in [6, 6.07) is 4.99. The van der Waals surface area contributed by atoms with E-state index >= 15 is 0 Å². The molecule has 2 aliphatic heterocycles. The molecule has 4 heteroatoms. The normalized spacial score (nSPS) is 29.9. The SMILES string of the molecule is CN1CCNCC1C1(c2cccs2)COC1. The lowest BCUT2D eigenvalue weighted by Crippen LogP contribution is -2.66. The number of ether oxygens (including phenoxy) is 1. The van der Waals surface area contributed by atoms with Gasteiger partial charge in [-0.25, -0.2) is 0 Å². The molecule has 0 aliphatic carbocycles. The number of nitrogens with one attached hydrogen (secondary N) is 1. The minimum Gasteiger partial charge on any atom is -0.379 e. The Morgan fingerprint density at radius 1 is 1.56 bits per heavy atom. The summed E-state index contributed by atoms with van der Waals surface area (Å²) in [6.45, 7) is 5.08. The van der Waals surface area contributed by atoms with Gasteiger partial charge in [-0.05, 0) is 18.5 Å². The predicted octanol–water partition coefficient (Wildman–Crippen LogP) is 0.920. The van der Waals surface area contributed by atoms with Gasteiger partial charge in [-0.15, -0.1) is 11.3 Å². The highest BCUT2D eigenvalue weighted by Crippen LogP contribution is 2.40. The van der Waals surface area contributed by atoms with Gasteiger partial charge in [0, 0.05) is 30.6 Å². The summed E-state index contributed by atoms with van der Waals surface area (Å²) in [7, 11) is 2.24. The first-order valence-corrected chi connectivity index (χ1v) is 6.73. The van der Waals surface area contributed by atoms with Crippen LogP contribution in [-0.4, -0.2) is 50.8 Å². The number of nitrogens with zero attached hydrogens (tertiary/aromatic N) is 1. The molecule has 1 atom stereocenters. The van der Waals surface area contributed by atoms with Crippen LogP contribution in [0.1, 0.15) is 4.88 Å². The lowest BCUT2D eigenvalue weighted by Gasteiger charge is -2.51. The van der Waals surface area contributed by atoms with Crippen LogP contribution >= 0.6 is 11.3 Å². The summed E-state index contributed by atoms with van der Waals surface area (Å²) >= 11 is 1.87. The van der Waals surface area contributed by atoms with Gasteiger partial charge in [0.2, 0.25) is 0 Å². The molecule has 0 spiro atoms. The largest absolute Gasteiger partial charge is 0.379 e. The Kier molecular flexibility index (Phi) is 2.75. The quantitative estimate of drug-likeness (QED) is 0.829. The molecule has 1 unspecified atom stereocenters. The summed E-state index contributed by atoms with van der Waals surface area (Å²) in [6.07, 6.45) is 0. The smallest absolute Gasteiger partial charge is 0.0681 e. The van der Waals surface area contributed by atoms with Crippen molar-refractivity contribution in [3.05, 3.63) is 22.4 Å². The van der Waals surface area contributed by atoms with E-state index in [1.165, 1.54) is 4.88 Å². The van der Waals surface area contributed by atoms with Crippen molar-refractivity contribution in [2.24, 2.45) is 0 Å². The van der Waals surface area contributed by atoms with E-state index in [1.807, 2.05) is 11.3 Å². The van der Waals surface area contributed by atoms with Gasteiger partial charge in [0.05, 0.1) is 18.6 Å². The molecule has 16 heavy (non-hydrogen) atoms. The van der Waals surface area contributed by atoms with Crippen LogP contribution in [0.15, 0.2) is 17.5 Å². The van der Waals surface area contributed by atoms with Crippen molar-refractivity contribution in [2.45, 2.75) is 11.5 Å². The first-order chi connectivity index (χ1) is 7.83. The highest BCUT2D eigenvalue weighted by molar-refractivity contribution is 7.10. The van der Waals surface area contributed by atoms with Crippen LogP contribution in [0.25, 0.3) is 0 Å². The van der Waals surface area contributed by atoms with Gasteiger partial charge in [-0.1, -0.05) is 6.07 Å². The Labute approximate surface area is 100 Å². The van der Waals surface area contributed by atoms with E-state index in [1.54, 1.807) is 0 Å². The van der Waals surface area contributed by atoms with Crippen molar-refractivity contribution in [1.29, 1.82) is 0 Å². The van der Waals surface area contributed by atoms with Crippen molar-refractivity contribution < 1.29 is 4.74 Å². The van der Waals surface area contributed by atoms with Crippen molar-refractivity contribution in [2.75, 3.05) is 39.9 Å². The molecule has 2 aliphatic rings. The molecule has 3 heterocycles. The summed E-state index contributed by atoms with van der Waals surface area (Å²) in [4.78, 5) is 3.97. The molecule has 3 rings (SSSR count). The third-order valence-electron chi connectivity index (χ3n) is 3.88. The minimum atomic E-state index is 0.246. The highest BCUT2D eigenvalue weighted by atomic mass is 32.1. The van der Waals surface area contributed by atoms with Crippen molar-refractivity contribution >= 4 is 11.3 Å². The van der Waals surface area contributed by atoms with E-state index < -0.39 is 0 Å². The zero-order chi connectivity index (χ0) is 11.0. The monoisotopic (exact) mass is 238 g/mol. The number of hydrogen-bond donors (Lipinski definition) is 1. The predicted molar refractivity (Wildman–Crippen MR) is 66.1 cm³/mol. The molecule has 0 aromatic carbocycles. The number of hydrogen-bond acceptors (Lipinski definition) is 4. The third-order valence-corrected chi connectivity index (χ3v) is 4.97. The fourth-order valence-corrected chi connectivity index (χ4v) is 3.76. The second-order valence-corrected chi connectivity index (χ2v) is 5.77. The maximum atomic E-state index is 5.52. The number of thiophene rings is 1. The van der Waals surface area contributed by atoms with Crippen LogP contribution in [-0.2, 0) is 10.2 Å². The fourth-order valence-electron chi connectivity index (χ4n) is 2.81. The Morgan fingerprint density at radius 2 is 2.44 bits per heavy atom. The van der Waals surface area contributed by atoms with E-state index in [0.29, 0.717) is 6.04 Å². The van der Waals surface area contributed by atoms with Gasteiger partial charge in [-0.3, -0.25) is 4.90 Å². The highest BCUT2D eigenvalue weighted by Gasteiger charge is 2.49.